The third-order valence-electron chi connectivity index (χ3n) is 3.59. The molecule has 0 aromatic rings. The first kappa shape index (κ1) is 14.2. The summed E-state index contributed by atoms with van der Waals surface area (Å²) in [5, 5.41) is 0. The molecule has 16 heavy (non-hydrogen) atoms. The average molecular weight is 244 g/mol. The molecular weight excluding hydrogens is 216 g/mol. The molecular formula is C13H28O2Si. The molecule has 0 saturated carbocycles. The molecule has 2 atom stereocenters. The van der Waals surface area contributed by atoms with Crippen molar-refractivity contribution in [2.75, 3.05) is 13.2 Å². The van der Waals surface area contributed by atoms with Gasteiger partial charge in [-0.05, 0) is 37.3 Å². The SMILES string of the molecule is CCO[Si](CC(C)C)(C(C)C)C1CCCO1. The highest BCUT2D eigenvalue weighted by molar-refractivity contribution is 6.76. The topological polar surface area (TPSA) is 18.5 Å². The average Bonchev–Trinajstić information content (AvgIpc) is 2.68. The lowest BCUT2D eigenvalue weighted by molar-refractivity contribution is 0.130. The van der Waals surface area contributed by atoms with Gasteiger partial charge in [0.15, 0.2) is 0 Å². The number of rotatable bonds is 6. The third kappa shape index (κ3) is 3.08. The summed E-state index contributed by atoms with van der Waals surface area (Å²) in [6, 6.07) is 1.24. The van der Waals surface area contributed by atoms with Crippen molar-refractivity contribution in [3.05, 3.63) is 0 Å². The molecule has 2 unspecified atom stereocenters. The first-order valence-electron chi connectivity index (χ1n) is 6.78. The van der Waals surface area contributed by atoms with Crippen LogP contribution in [0.2, 0.25) is 11.6 Å². The van der Waals surface area contributed by atoms with E-state index in [1.54, 1.807) is 0 Å². The summed E-state index contributed by atoms with van der Waals surface area (Å²) >= 11 is 0. The van der Waals surface area contributed by atoms with Crippen LogP contribution in [0.4, 0.5) is 0 Å². The molecule has 0 aliphatic carbocycles. The molecule has 0 amide bonds. The smallest absolute Gasteiger partial charge is 0.223 e. The third-order valence-corrected chi connectivity index (χ3v) is 9.37. The second-order valence-electron chi connectivity index (χ2n) is 5.64. The van der Waals surface area contributed by atoms with E-state index in [1.165, 1.54) is 18.9 Å². The minimum Gasteiger partial charge on any atom is -0.414 e. The van der Waals surface area contributed by atoms with Crippen LogP contribution < -0.4 is 0 Å². The van der Waals surface area contributed by atoms with E-state index in [-0.39, 0.29) is 0 Å². The van der Waals surface area contributed by atoms with Gasteiger partial charge in [-0.15, -0.1) is 0 Å². The van der Waals surface area contributed by atoms with Gasteiger partial charge < -0.3 is 9.16 Å². The van der Waals surface area contributed by atoms with Crippen LogP contribution >= 0.6 is 0 Å². The fraction of sp³-hybridized carbons (Fsp3) is 1.00. The Bertz CT molecular complexity index is 200. The molecule has 1 heterocycles. The van der Waals surface area contributed by atoms with Gasteiger partial charge in [0, 0.05) is 13.2 Å². The summed E-state index contributed by atoms with van der Waals surface area (Å²) in [5.41, 5.74) is 1.09. The zero-order chi connectivity index (χ0) is 12.2. The lowest BCUT2D eigenvalue weighted by Crippen LogP contribution is -2.53. The summed E-state index contributed by atoms with van der Waals surface area (Å²) in [6.07, 6.45) is 2.44. The Morgan fingerprint density at radius 1 is 1.31 bits per heavy atom. The van der Waals surface area contributed by atoms with Gasteiger partial charge in [0.1, 0.15) is 0 Å². The summed E-state index contributed by atoms with van der Waals surface area (Å²) in [7, 11) is -1.73. The van der Waals surface area contributed by atoms with E-state index in [1.807, 2.05) is 0 Å². The molecule has 3 heteroatoms. The van der Waals surface area contributed by atoms with Crippen molar-refractivity contribution < 1.29 is 9.16 Å². The van der Waals surface area contributed by atoms with Gasteiger partial charge in [-0.2, -0.15) is 0 Å². The summed E-state index contributed by atoms with van der Waals surface area (Å²) in [4.78, 5) is 0. The molecule has 1 fully saturated rings. The first-order valence-corrected chi connectivity index (χ1v) is 9.05. The fourth-order valence-electron chi connectivity index (χ4n) is 2.93. The maximum atomic E-state index is 6.30. The van der Waals surface area contributed by atoms with Gasteiger partial charge in [-0.25, -0.2) is 0 Å². The highest BCUT2D eigenvalue weighted by Gasteiger charge is 2.48. The second-order valence-corrected chi connectivity index (χ2v) is 10.0. The Morgan fingerprint density at radius 3 is 2.38 bits per heavy atom. The monoisotopic (exact) mass is 244 g/mol. The predicted molar refractivity (Wildman–Crippen MR) is 71.1 cm³/mol. The zero-order valence-corrected chi connectivity index (χ0v) is 12.6. The summed E-state index contributed by atoms with van der Waals surface area (Å²) < 4.78 is 12.3. The lowest BCUT2D eigenvalue weighted by atomic mass is 10.3. The predicted octanol–water partition coefficient (Wildman–Crippen LogP) is 3.75. The van der Waals surface area contributed by atoms with Crippen LogP contribution in [0.5, 0.6) is 0 Å². The van der Waals surface area contributed by atoms with Crippen LogP contribution in [0.1, 0.15) is 47.5 Å². The molecule has 0 spiro atoms. The highest BCUT2D eigenvalue weighted by atomic mass is 28.4. The van der Waals surface area contributed by atoms with Crippen LogP contribution in [0, 0.1) is 5.92 Å². The van der Waals surface area contributed by atoms with Crippen LogP contribution in [0.15, 0.2) is 0 Å². The van der Waals surface area contributed by atoms with E-state index in [0.29, 0.717) is 17.2 Å². The van der Waals surface area contributed by atoms with Crippen molar-refractivity contribution in [1.29, 1.82) is 0 Å². The van der Waals surface area contributed by atoms with Gasteiger partial charge in [-0.1, -0.05) is 27.7 Å². The molecule has 1 aliphatic rings. The Hall–Kier alpha value is 0.137. The van der Waals surface area contributed by atoms with Crippen LogP contribution in [-0.2, 0) is 9.16 Å². The quantitative estimate of drug-likeness (QED) is 0.663. The lowest BCUT2D eigenvalue weighted by Gasteiger charge is -2.40. The van der Waals surface area contributed by atoms with E-state index < -0.39 is 8.32 Å². The number of hydrogen-bond donors (Lipinski definition) is 0. The number of hydrogen-bond acceptors (Lipinski definition) is 2. The Labute approximate surface area is 102 Å². The van der Waals surface area contributed by atoms with E-state index >= 15 is 0 Å². The van der Waals surface area contributed by atoms with Gasteiger partial charge in [0.2, 0.25) is 8.32 Å². The minimum atomic E-state index is -1.73. The molecule has 0 aromatic heterocycles. The Kier molecular flexibility index (Phi) is 5.48. The molecule has 2 nitrogen and oxygen atoms in total. The Balaban J connectivity index is 2.84. The van der Waals surface area contributed by atoms with Crippen LogP contribution in [0.25, 0.3) is 0 Å². The molecule has 0 aromatic carbocycles. The second kappa shape index (κ2) is 6.17. The van der Waals surface area contributed by atoms with Crippen molar-refractivity contribution in [3.63, 3.8) is 0 Å². The Morgan fingerprint density at radius 2 is 2.00 bits per heavy atom. The standard InChI is InChI=1S/C13H28O2Si/c1-6-15-16(12(4)5,10-11(2)3)13-8-7-9-14-13/h11-13H,6-10H2,1-5H3. The summed E-state index contributed by atoms with van der Waals surface area (Å²) in [6.45, 7) is 13.2. The zero-order valence-electron chi connectivity index (χ0n) is 11.6. The molecule has 96 valence electrons. The minimum absolute atomic E-state index is 0.440. The number of ether oxygens (including phenoxy) is 1. The normalized spacial score (nSPS) is 25.3. The fourth-order valence-corrected chi connectivity index (χ4v) is 7.95. The molecule has 0 radical (unpaired) electrons. The molecule has 1 rings (SSSR count). The maximum absolute atomic E-state index is 6.30. The van der Waals surface area contributed by atoms with Gasteiger partial charge >= 0.3 is 0 Å². The van der Waals surface area contributed by atoms with Gasteiger partial charge in [0.05, 0.1) is 5.73 Å². The van der Waals surface area contributed by atoms with Gasteiger partial charge in [-0.3, -0.25) is 0 Å². The maximum Gasteiger partial charge on any atom is 0.223 e. The van der Waals surface area contributed by atoms with E-state index in [2.05, 4.69) is 34.6 Å². The molecule has 1 saturated heterocycles. The van der Waals surface area contributed by atoms with E-state index in [4.69, 9.17) is 9.16 Å². The van der Waals surface area contributed by atoms with Crippen molar-refractivity contribution in [3.8, 4) is 0 Å². The molecule has 0 bridgehead atoms. The molecule has 0 N–H and O–H groups in total. The van der Waals surface area contributed by atoms with Crippen molar-refractivity contribution >= 4 is 8.32 Å². The van der Waals surface area contributed by atoms with Crippen molar-refractivity contribution in [2.45, 2.75) is 64.8 Å². The van der Waals surface area contributed by atoms with E-state index in [9.17, 15) is 0 Å². The first-order chi connectivity index (χ1) is 7.53. The molecule has 1 aliphatic heterocycles. The van der Waals surface area contributed by atoms with Gasteiger partial charge in [0.25, 0.3) is 0 Å². The van der Waals surface area contributed by atoms with E-state index in [0.717, 1.165) is 13.2 Å². The summed E-state index contributed by atoms with van der Waals surface area (Å²) in [5.74, 6) is 0.713. The van der Waals surface area contributed by atoms with Crippen LogP contribution in [0.3, 0.4) is 0 Å². The largest absolute Gasteiger partial charge is 0.414 e. The highest BCUT2D eigenvalue weighted by Crippen LogP contribution is 2.38. The van der Waals surface area contributed by atoms with Crippen molar-refractivity contribution in [1.82, 2.24) is 0 Å². The van der Waals surface area contributed by atoms with Crippen LogP contribution in [-0.4, -0.2) is 27.3 Å². The van der Waals surface area contributed by atoms with Crippen molar-refractivity contribution in [2.24, 2.45) is 5.92 Å².